The van der Waals surface area contributed by atoms with E-state index in [0.717, 1.165) is 24.0 Å². The molecular weight excluding hydrogens is 362 g/mol. The average molecular weight is 383 g/mol. The third-order valence-electron chi connectivity index (χ3n) is 4.37. The maximum atomic E-state index is 12.4. The summed E-state index contributed by atoms with van der Waals surface area (Å²) in [7, 11) is 0. The zero-order valence-corrected chi connectivity index (χ0v) is 15.9. The molecule has 29 heavy (non-hydrogen) atoms. The summed E-state index contributed by atoms with van der Waals surface area (Å²) >= 11 is 0. The zero-order chi connectivity index (χ0) is 20.5. The van der Waals surface area contributed by atoms with Gasteiger partial charge in [0.1, 0.15) is 0 Å². The van der Waals surface area contributed by atoms with Crippen LogP contribution in [-0.2, 0) is 13.0 Å². The molecule has 3 aromatic carbocycles. The van der Waals surface area contributed by atoms with Crippen molar-refractivity contribution in [2.45, 2.75) is 19.4 Å². The quantitative estimate of drug-likeness (QED) is 0.624. The van der Waals surface area contributed by atoms with Crippen LogP contribution in [0.4, 0.5) is 0 Å². The van der Waals surface area contributed by atoms with E-state index in [-0.39, 0.29) is 18.0 Å². The van der Waals surface area contributed by atoms with E-state index in [2.05, 4.69) is 29.3 Å². The number of aryl methyl sites for hydroxylation is 1. The molecule has 4 heteroatoms. The van der Waals surface area contributed by atoms with Gasteiger partial charge in [-0.1, -0.05) is 60.4 Å². The van der Waals surface area contributed by atoms with E-state index in [0.29, 0.717) is 5.56 Å². The number of aromatic carboxylic acids is 1. The second kappa shape index (κ2) is 9.91. The molecule has 0 aliphatic carbocycles. The number of amides is 1. The molecule has 0 aromatic heterocycles. The molecule has 0 saturated heterocycles. The number of nitrogens with one attached hydrogen (secondary N) is 1. The normalized spacial score (nSPS) is 9.93. The molecule has 1 amide bonds. The first kappa shape index (κ1) is 19.9. The maximum Gasteiger partial charge on any atom is 0.335 e. The standard InChI is InChI=1S/C25H21NO3/c27-24(26-18-21-13-7-15-23(17-21)25(28)29)22-14-6-12-20(16-22)11-5-4-10-19-8-2-1-3-9-19/h1-3,6-9,12-17H,4,10,18H2,(H,26,27)(H,28,29). The highest BCUT2D eigenvalue weighted by atomic mass is 16.4. The monoisotopic (exact) mass is 383 g/mol. The second-order valence-corrected chi connectivity index (χ2v) is 6.56. The summed E-state index contributed by atoms with van der Waals surface area (Å²) < 4.78 is 0. The molecule has 0 spiro atoms. The van der Waals surface area contributed by atoms with Crippen LogP contribution in [-0.4, -0.2) is 17.0 Å². The fraction of sp³-hybridized carbons (Fsp3) is 0.120. The van der Waals surface area contributed by atoms with Crippen molar-refractivity contribution in [3.8, 4) is 11.8 Å². The van der Waals surface area contributed by atoms with Crippen LogP contribution in [0, 0.1) is 11.8 Å². The Morgan fingerprint density at radius 3 is 2.34 bits per heavy atom. The minimum Gasteiger partial charge on any atom is -0.478 e. The second-order valence-electron chi connectivity index (χ2n) is 6.56. The van der Waals surface area contributed by atoms with E-state index in [1.54, 1.807) is 36.4 Å². The van der Waals surface area contributed by atoms with Crippen molar-refractivity contribution in [2.75, 3.05) is 0 Å². The van der Waals surface area contributed by atoms with Gasteiger partial charge < -0.3 is 10.4 Å². The van der Waals surface area contributed by atoms with Crippen LogP contribution in [0.25, 0.3) is 0 Å². The van der Waals surface area contributed by atoms with Crippen LogP contribution in [0.2, 0.25) is 0 Å². The fourth-order valence-electron chi connectivity index (χ4n) is 2.85. The van der Waals surface area contributed by atoms with Gasteiger partial charge in [-0.3, -0.25) is 4.79 Å². The predicted molar refractivity (Wildman–Crippen MR) is 113 cm³/mol. The highest BCUT2D eigenvalue weighted by Crippen LogP contribution is 2.08. The number of carboxylic acids is 1. The van der Waals surface area contributed by atoms with Crippen molar-refractivity contribution in [3.63, 3.8) is 0 Å². The van der Waals surface area contributed by atoms with Gasteiger partial charge in [0.05, 0.1) is 5.56 Å². The summed E-state index contributed by atoms with van der Waals surface area (Å²) in [6.45, 7) is 0.257. The van der Waals surface area contributed by atoms with Crippen molar-refractivity contribution in [2.24, 2.45) is 0 Å². The Kier molecular flexibility index (Phi) is 6.80. The van der Waals surface area contributed by atoms with Gasteiger partial charge in [0.15, 0.2) is 0 Å². The van der Waals surface area contributed by atoms with Crippen LogP contribution in [0.5, 0.6) is 0 Å². The minimum absolute atomic E-state index is 0.199. The van der Waals surface area contributed by atoms with Gasteiger partial charge in [0.2, 0.25) is 0 Å². The summed E-state index contributed by atoms with van der Waals surface area (Å²) in [6.07, 6.45) is 1.64. The van der Waals surface area contributed by atoms with Gasteiger partial charge in [0.25, 0.3) is 5.91 Å². The molecular formula is C25H21NO3. The largest absolute Gasteiger partial charge is 0.478 e. The lowest BCUT2D eigenvalue weighted by molar-refractivity contribution is 0.0696. The number of carbonyl (C=O) groups excluding carboxylic acids is 1. The van der Waals surface area contributed by atoms with Gasteiger partial charge in [-0.15, -0.1) is 0 Å². The highest BCUT2D eigenvalue weighted by molar-refractivity contribution is 5.94. The molecule has 0 radical (unpaired) electrons. The van der Waals surface area contributed by atoms with E-state index >= 15 is 0 Å². The number of carboxylic acid groups (broad SMARTS) is 1. The Morgan fingerprint density at radius 1 is 0.828 bits per heavy atom. The lowest BCUT2D eigenvalue weighted by Crippen LogP contribution is -2.23. The fourth-order valence-corrected chi connectivity index (χ4v) is 2.85. The van der Waals surface area contributed by atoms with Gasteiger partial charge in [-0.2, -0.15) is 0 Å². The summed E-state index contributed by atoms with van der Waals surface area (Å²) in [6, 6.07) is 23.9. The number of benzene rings is 3. The van der Waals surface area contributed by atoms with Gasteiger partial charge in [-0.25, -0.2) is 4.79 Å². The molecule has 0 bridgehead atoms. The summed E-state index contributed by atoms with van der Waals surface area (Å²) in [5.74, 6) is 5.05. The molecule has 0 aliphatic rings. The summed E-state index contributed by atoms with van der Waals surface area (Å²) in [5.41, 5.74) is 3.49. The van der Waals surface area contributed by atoms with E-state index < -0.39 is 5.97 Å². The smallest absolute Gasteiger partial charge is 0.335 e. The van der Waals surface area contributed by atoms with Crippen molar-refractivity contribution < 1.29 is 14.7 Å². The number of carbonyl (C=O) groups is 2. The highest BCUT2D eigenvalue weighted by Gasteiger charge is 2.07. The number of hydrogen-bond acceptors (Lipinski definition) is 2. The summed E-state index contributed by atoms with van der Waals surface area (Å²) in [5, 5.41) is 11.9. The van der Waals surface area contributed by atoms with Gasteiger partial charge in [-0.05, 0) is 47.9 Å². The average Bonchev–Trinajstić information content (AvgIpc) is 2.76. The topological polar surface area (TPSA) is 66.4 Å². The predicted octanol–water partition coefficient (Wildman–Crippen LogP) is 4.30. The van der Waals surface area contributed by atoms with Crippen LogP contribution in [0.1, 0.15) is 43.8 Å². The lowest BCUT2D eigenvalue weighted by Gasteiger charge is -2.06. The van der Waals surface area contributed by atoms with E-state index in [1.807, 2.05) is 24.3 Å². The molecule has 3 rings (SSSR count). The van der Waals surface area contributed by atoms with Crippen LogP contribution >= 0.6 is 0 Å². The maximum absolute atomic E-state index is 12.4. The van der Waals surface area contributed by atoms with Crippen molar-refractivity contribution in [1.82, 2.24) is 5.32 Å². The van der Waals surface area contributed by atoms with Crippen LogP contribution in [0.3, 0.4) is 0 Å². The zero-order valence-electron chi connectivity index (χ0n) is 15.9. The minimum atomic E-state index is -0.989. The molecule has 4 nitrogen and oxygen atoms in total. The number of hydrogen-bond donors (Lipinski definition) is 2. The third-order valence-corrected chi connectivity index (χ3v) is 4.37. The SMILES string of the molecule is O=C(O)c1cccc(CNC(=O)c2cccc(C#CCCc3ccccc3)c2)c1. The Bertz CT molecular complexity index is 1060. The molecule has 0 atom stereocenters. The Morgan fingerprint density at radius 2 is 1.55 bits per heavy atom. The lowest BCUT2D eigenvalue weighted by atomic mass is 10.1. The molecule has 2 N–H and O–H groups in total. The van der Waals surface area contributed by atoms with Crippen molar-refractivity contribution in [3.05, 3.63) is 107 Å². The van der Waals surface area contributed by atoms with Gasteiger partial charge >= 0.3 is 5.97 Å². The first-order chi connectivity index (χ1) is 14.1. The molecule has 144 valence electrons. The molecule has 0 heterocycles. The summed E-state index contributed by atoms with van der Waals surface area (Å²) in [4.78, 5) is 23.5. The van der Waals surface area contributed by atoms with E-state index in [4.69, 9.17) is 5.11 Å². The molecule has 0 saturated carbocycles. The Balaban J connectivity index is 1.57. The number of rotatable bonds is 6. The first-order valence-electron chi connectivity index (χ1n) is 9.35. The van der Waals surface area contributed by atoms with E-state index in [1.165, 1.54) is 11.6 Å². The Labute approximate surface area is 170 Å². The van der Waals surface area contributed by atoms with Crippen LogP contribution in [0.15, 0.2) is 78.9 Å². The van der Waals surface area contributed by atoms with E-state index in [9.17, 15) is 9.59 Å². The van der Waals surface area contributed by atoms with Crippen molar-refractivity contribution >= 4 is 11.9 Å². The molecule has 0 unspecified atom stereocenters. The first-order valence-corrected chi connectivity index (χ1v) is 9.35. The Hall–Kier alpha value is -3.84. The molecule has 0 fully saturated rings. The third kappa shape index (κ3) is 6.08. The molecule has 0 aliphatic heterocycles. The van der Waals surface area contributed by atoms with Crippen LogP contribution < -0.4 is 5.32 Å². The van der Waals surface area contributed by atoms with Gasteiger partial charge in [0, 0.05) is 24.1 Å². The molecule has 3 aromatic rings. The van der Waals surface area contributed by atoms with Crippen molar-refractivity contribution in [1.29, 1.82) is 0 Å².